The molecule has 1 amide bonds. The molecule has 86 valence electrons. The van der Waals surface area contributed by atoms with E-state index in [4.69, 9.17) is 4.74 Å². The van der Waals surface area contributed by atoms with Gasteiger partial charge in [-0.05, 0) is 25.9 Å². The molecule has 15 heavy (non-hydrogen) atoms. The van der Waals surface area contributed by atoms with E-state index in [0.29, 0.717) is 19.1 Å². The number of morpholine rings is 1. The summed E-state index contributed by atoms with van der Waals surface area (Å²) in [5, 5.41) is 3.30. The maximum absolute atomic E-state index is 12.3. The van der Waals surface area contributed by atoms with E-state index in [0.717, 1.165) is 39.0 Å². The van der Waals surface area contributed by atoms with Gasteiger partial charge in [0.25, 0.3) is 0 Å². The summed E-state index contributed by atoms with van der Waals surface area (Å²) in [6.07, 6.45) is 1.92. The summed E-state index contributed by atoms with van der Waals surface area (Å²) in [6.45, 7) is 6.95. The van der Waals surface area contributed by atoms with E-state index in [1.165, 1.54) is 0 Å². The van der Waals surface area contributed by atoms with E-state index in [1.54, 1.807) is 0 Å². The molecule has 2 aliphatic rings. The molecule has 0 bridgehead atoms. The number of carbonyl (C=O) groups excluding carboxylic acids is 1. The zero-order valence-corrected chi connectivity index (χ0v) is 9.42. The number of rotatable bonds is 1. The Balaban J connectivity index is 1.98. The number of ether oxygens (including phenoxy) is 1. The number of nitrogens with one attached hydrogen (secondary N) is 1. The summed E-state index contributed by atoms with van der Waals surface area (Å²) in [5.74, 6) is 0.326. The largest absolute Gasteiger partial charge is 0.378 e. The highest BCUT2D eigenvalue weighted by Crippen LogP contribution is 2.30. The molecule has 0 aliphatic carbocycles. The van der Waals surface area contributed by atoms with E-state index in [1.807, 2.05) is 4.90 Å². The smallest absolute Gasteiger partial charge is 0.228 e. The molecule has 4 nitrogen and oxygen atoms in total. The first-order valence-corrected chi connectivity index (χ1v) is 5.80. The number of nitrogens with zero attached hydrogens (tertiary/aromatic N) is 1. The Hall–Kier alpha value is -0.610. The van der Waals surface area contributed by atoms with Gasteiger partial charge in [-0.25, -0.2) is 0 Å². The highest BCUT2D eigenvalue weighted by molar-refractivity contribution is 5.82. The van der Waals surface area contributed by atoms with Crippen LogP contribution in [0.5, 0.6) is 0 Å². The van der Waals surface area contributed by atoms with Gasteiger partial charge in [0.05, 0.1) is 13.2 Å². The van der Waals surface area contributed by atoms with E-state index < -0.39 is 0 Å². The predicted molar refractivity (Wildman–Crippen MR) is 57.6 cm³/mol. The van der Waals surface area contributed by atoms with Crippen LogP contribution in [0.2, 0.25) is 0 Å². The minimum atomic E-state index is -0.136. The lowest BCUT2D eigenvalue weighted by atomic mass is 9.79. The van der Waals surface area contributed by atoms with Gasteiger partial charge < -0.3 is 15.0 Å². The number of hydrogen-bond donors (Lipinski definition) is 1. The Kier molecular flexibility index (Phi) is 3.26. The molecule has 0 atom stereocenters. The second-order valence-electron chi connectivity index (χ2n) is 4.72. The van der Waals surface area contributed by atoms with Gasteiger partial charge in [-0.1, -0.05) is 6.92 Å². The average molecular weight is 212 g/mol. The molecule has 2 aliphatic heterocycles. The van der Waals surface area contributed by atoms with Gasteiger partial charge in [-0.15, -0.1) is 0 Å². The van der Waals surface area contributed by atoms with Gasteiger partial charge in [0.15, 0.2) is 0 Å². The summed E-state index contributed by atoms with van der Waals surface area (Å²) in [5.41, 5.74) is -0.136. The minimum absolute atomic E-state index is 0.136. The molecule has 2 fully saturated rings. The molecular formula is C11H20N2O2. The normalized spacial score (nSPS) is 26.3. The molecule has 0 aromatic carbocycles. The van der Waals surface area contributed by atoms with Gasteiger partial charge in [-0.2, -0.15) is 0 Å². The van der Waals surface area contributed by atoms with E-state index in [-0.39, 0.29) is 5.41 Å². The van der Waals surface area contributed by atoms with E-state index in [9.17, 15) is 4.79 Å². The minimum Gasteiger partial charge on any atom is -0.378 e. The molecule has 2 saturated heterocycles. The summed E-state index contributed by atoms with van der Waals surface area (Å²) >= 11 is 0. The topological polar surface area (TPSA) is 41.6 Å². The van der Waals surface area contributed by atoms with Crippen molar-refractivity contribution in [2.75, 3.05) is 39.4 Å². The maximum atomic E-state index is 12.3. The fourth-order valence-electron chi connectivity index (χ4n) is 2.34. The first-order valence-electron chi connectivity index (χ1n) is 5.80. The molecule has 2 heterocycles. The summed E-state index contributed by atoms with van der Waals surface area (Å²) in [7, 11) is 0. The summed E-state index contributed by atoms with van der Waals surface area (Å²) < 4.78 is 5.26. The molecule has 0 aromatic rings. The fraction of sp³-hybridized carbons (Fsp3) is 0.909. The number of amides is 1. The molecular weight excluding hydrogens is 192 g/mol. The summed E-state index contributed by atoms with van der Waals surface area (Å²) in [6, 6.07) is 0. The Morgan fingerprint density at radius 1 is 1.27 bits per heavy atom. The molecule has 0 saturated carbocycles. The highest BCUT2D eigenvalue weighted by atomic mass is 16.5. The van der Waals surface area contributed by atoms with Crippen molar-refractivity contribution in [3.63, 3.8) is 0 Å². The van der Waals surface area contributed by atoms with Crippen molar-refractivity contribution < 1.29 is 9.53 Å². The Bertz CT molecular complexity index is 231. The quantitative estimate of drug-likeness (QED) is 0.677. The van der Waals surface area contributed by atoms with Crippen LogP contribution in [-0.4, -0.2) is 50.2 Å². The van der Waals surface area contributed by atoms with Crippen LogP contribution in [-0.2, 0) is 9.53 Å². The second kappa shape index (κ2) is 4.49. The molecule has 0 spiro atoms. The third kappa shape index (κ3) is 2.32. The number of carbonyl (C=O) groups is 1. The zero-order chi connectivity index (χ0) is 10.7. The fourth-order valence-corrected chi connectivity index (χ4v) is 2.34. The van der Waals surface area contributed by atoms with Gasteiger partial charge in [0.2, 0.25) is 5.91 Å². The van der Waals surface area contributed by atoms with Crippen molar-refractivity contribution in [2.45, 2.75) is 19.8 Å². The van der Waals surface area contributed by atoms with E-state index >= 15 is 0 Å². The first-order chi connectivity index (χ1) is 7.22. The predicted octanol–water partition coefficient (Wildman–Crippen LogP) is 0.235. The van der Waals surface area contributed by atoms with Crippen LogP contribution in [0.25, 0.3) is 0 Å². The van der Waals surface area contributed by atoms with Crippen LogP contribution < -0.4 is 5.32 Å². The molecule has 4 heteroatoms. The van der Waals surface area contributed by atoms with Crippen molar-refractivity contribution >= 4 is 5.91 Å². The second-order valence-corrected chi connectivity index (χ2v) is 4.72. The van der Waals surface area contributed by atoms with Crippen LogP contribution in [0.3, 0.4) is 0 Å². The van der Waals surface area contributed by atoms with Crippen molar-refractivity contribution in [1.29, 1.82) is 0 Å². The van der Waals surface area contributed by atoms with Crippen LogP contribution in [0.15, 0.2) is 0 Å². The lowest BCUT2D eigenvalue weighted by molar-refractivity contribution is -0.146. The monoisotopic (exact) mass is 212 g/mol. The van der Waals surface area contributed by atoms with Crippen LogP contribution in [0.4, 0.5) is 0 Å². The van der Waals surface area contributed by atoms with Crippen molar-refractivity contribution in [3.05, 3.63) is 0 Å². The Labute approximate surface area is 91.0 Å². The highest BCUT2D eigenvalue weighted by Gasteiger charge is 2.37. The molecule has 1 N–H and O–H groups in total. The lowest BCUT2D eigenvalue weighted by Crippen LogP contribution is -2.51. The van der Waals surface area contributed by atoms with Crippen LogP contribution in [0.1, 0.15) is 19.8 Å². The Morgan fingerprint density at radius 2 is 1.87 bits per heavy atom. The van der Waals surface area contributed by atoms with Crippen molar-refractivity contribution in [3.8, 4) is 0 Å². The van der Waals surface area contributed by atoms with Crippen molar-refractivity contribution in [1.82, 2.24) is 10.2 Å². The first kappa shape index (κ1) is 10.9. The Morgan fingerprint density at radius 3 is 2.47 bits per heavy atom. The van der Waals surface area contributed by atoms with Gasteiger partial charge in [-0.3, -0.25) is 4.79 Å². The van der Waals surface area contributed by atoms with E-state index in [2.05, 4.69) is 12.2 Å². The SMILES string of the molecule is CC1(C(=O)N2CCOCC2)CCNCC1. The molecule has 0 radical (unpaired) electrons. The third-order valence-electron chi connectivity index (χ3n) is 3.52. The van der Waals surface area contributed by atoms with Gasteiger partial charge in [0, 0.05) is 18.5 Å². The standard InChI is InChI=1S/C11H20N2O2/c1-11(2-4-12-5-3-11)10(14)13-6-8-15-9-7-13/h12H,2-9H2,1H3. The van der Waals surface area contributed by atoms with Crippen molar-refractivity contribution in [2.24, 2.45) is 5.41 Å². The van der Waals surface area contributed by atoms with Gasteiger partial charge >= 0.3 is 0 Å². The summed E-state index contributed by atoms with van der Waals surface area (Å²) in [4.78, 5) is 14.3. The number of hydrogen-bond acceptors (Lipinski definition) is 3. The zero-order valence-electron chi connectivity index (χ0n) is 9.42. The van der Waals surface area contributed by atoms with Crippen LogP contribution in [0, 0.1) is 5.41 Å². The lowest BCUT2D eigenvalue weighted by Gasteiger charge is -2.38. The van der Waals surface area contributed by atoms with Gasteiger partial charge in [0.1, 0.15) is 0 Å². The third-order valence-corrected chi connectivity index (χ3v) is 3.52. The number of piperidine rings is 1. The molecule has 2 rings (SSSR count). The maximum Gasteiger partial charge on any atom is 0.228 e. The molecule has 0 aromatic heterocycles. The average Bonchev–Trinajstić information content (AvgIpc) is 2.30. The molecule has 0 unspecified atom stereocenters. The van der Waals surface area contributed by atoms with Crippen LogP contribution >= 0.6 is 0 Å².